The smallest absolute Gasteiger partial charge is 0.119 e. The van der Waals surface area contributed by atoms with Gasteiger partial charge in [-0.3, -0.25) is 0 Å². The minimum Gasteiger partial charge on any atom is -0.497 e. The van der Waals surface area contributed by atoms with E-state index in [0.29, 0.717) is 0 Å². The molecule has 0 amide bonds. The fourth-order valence-electron chi connectivity index (χ4n) is 2.05. The number of aliphatic hydroxyl groups excluding tert-OH is 1. The summed E-state index contributed by atoms with van der Waals surface area (Å²) in [5, 5.41) is 10.4. The molecule has 1 unspecified atom stereocenters. The average Bonchev–Trinajstić information content (AvgIpc) is 2.46. The van der Waals surface area contributed by atoms with Crippen molar-refractivity contribution in [2.24, 2.45) is 0 Å². The maximum absolute atomic E-state index is 10.4. The van der Waals surface area contributed by atoms with Crippen molar-refractivity contribution >= 4 is 0 Å². The molecule has 0 fully saturated rings. The number of hydrogen-bond donors (Lipinski definition) is 1. The van der Waals surface area contributed by atoms with E-state index in [1.165, 1.54) is 0 Å². The molecule has 0 saturated carbocycles. The highest BCUT2D eigenvalue weighted by Crippen LogP contribution is 2.28. The third-order valence-corrected chi connectivity index (χ3v) is 3.20. The van der Waals surface area contributed by atoms with Gasteiger partial charge < -0.3 is 14.6 Å². The van der Waals surface area contributed by atoms with Crippen LogP contribution in [-0.4, -0.2) is 19.3 Å². The van der Waals surface area contributed by atoms with Crippen molar-refractivity contribution in [2.75, 3.05) is 14.2 Å². The summed E-state index contributed by atoms with van der Waals surface area (Å²) in [6.45, 7) is 1.96. The molecule has 100 valence electrons. The molecule has 1 atom stereocenters. The molecule has 2 rings (SSSR count). The van der Waals surface area contributed by atoms with Crippen LogP contribution in [0, 0.1) is 6.92 Å². The maximum Gasteiger partial charge on any atom is 0.119 e. The van der Waals surface area contributed by atoms with E-state index >= 15 is 0 Å². The Hall–Kier alpha value is -2.00. The molecule has 3 nitrogen and oxygen atoms in total. The van der Waals surface area contributed by atoms with Gasteiger partial charge in [0.05, 0.1) is 14.2 Å². The van der Waals surface area contributed by atoms with E-state index in [9.17, 15) is 5.11 Å². The molecular weight excluding hydrogens is 240 g/mol. The molecule has 0 aliphatic carbocycles. The molecule has 0 spiro atoms. The van der Waals surface area contributed by atoms with Crippen LogP contribution in [0.2, 0.25) is 0 Å². The molecule has 1 N–H and O–H groups in total. The van der Waals surface area contributed by atoms with Gasteiger partial charge in [-0.15, -0.1) is 0 Å². The first-order valence-electron chi connectivity index (χ1n) is 6.12. The number of benzene rings is 2. The second kappa shape index (κ2) is 5.76. The number of aryl methyl sites for hydroxylation is 1. The van der Waals surface area contributed by atoms with Gasteiger partial charge >= 0.3 is 0 Å². The van der Waals surface area contributed by atoms with E-state index in [2.05, 4.69) is 0 Å². The molecule has 19 heavy (non-hydrogen) atoms. The van der Waals surface area contributed by atoms with Gasteiger partial charge in [0.15, 0.2) is 0 Å². The third-order valence-electron chi connectivity index (χ3n) is 3.20. The van der Waals surface area contributed by atoms with Gasteiger partial charge in [0.2, 0.25) is 0 Å². The lowest BCUT2D eigenvalue weighted by atomic mass is 9.97. The Kier molecular flexibility index (Phi) is 4.07. The largest absolute Gasteiger partial charge is 0.497 e. The highest BCUT2D eigenvalue weighted by atomic mass is 16.5. The predicted octanol–water partition coefficient (Wildman–Crippen LogP) is 3.09. The van der Waals surface area contributed by atoms with E-state index < -0.39 is 6.10 Å². The summed E-state index contributed by atoms with van der Waals surface area (Å²) in [7, 11) is 3.26. The molecule has 2 aromatic carbocycles. The molecule has 2 aromatic rings. The second-order valence-electron chi connectivity index (χ2n) is 4.40. The van der Waals surface area contributed by atoms with Gasteiger partial charge in [0.25, 0.3) is 0 Å². The fourth-order valence-corrected chi connectivity index (χ4v) is 2.05. The molecule has 0 heterocycles. The van der Waals surface area contributed by atoms with Crippen molar-refractivity contribution in [1.82, 2.24) is 0 Å². The number of aliphatic hydroxyl groups is 1. The molecule has 0 bridgehead atoms. The Bertz CT molecular complexity index is 546. The van der Waals surface area contributed by atoms with Gasteiger partial charge in [-0.05, 0) is 47.9 Å². The topological polar surface area (TPSA) is 38.7 Å². The second-order valence-corrected chi connectivity index (χ2v) is 4.40. The standard InChI is InChI=1S/C16H18O3/c1-11-10-14(19-3)8-9-15(11)16(17)12-4-6-13(18-2)7-5-12/h4-10,16-17H,1-3H3. The van der Waals surface area contributed by atoms with Crippen LogP contribution in [-0.2, 0) is 0 Å². The highest BCUT2D eigenvalue weighted by Gasteiger charge is 2.13. The first kappa shape index (κ1) is 13.4. The number of hydrogen-bond acceptors (Lipinski definition) is 3. The highest BCUT2D eigenvalue weighted by molar-refractivity contribution is 5.41. The van der Waals surface area contributed by atoms with Crippen molar-refractivity contribution < 1.29 is 14.6 Å². The Balaban J connectivity index is 2.29. The van der Waals surface area contributed by atoms with E-state index in [-0.39, 0.29) is 0 Å². The Morgan fingerprint density at radius 2 is 1.47 bits per heavy atom. The summed E-state index contributed by atoms with van der Waals surface area (Å²) in [4.78, 5) is 0. The van der Waals surface area contributed by atoms with Crippen molar-refractivity contribution in [3.8, 4) is 11.5 Å². The zero-order valence-corrected chi connectivity index (χ0v) is 11.4. The first-order valence-corrected chi connectivity index (χ1v) is 6.12. The van der Waals surface area contributed by atoms with Crippen molar-refractivity contribution in [2.45, 2.75) is 13.0 Å². The van der Waals surface area contributed by atoms with Crippen molar-refractivity contribution in [3.05, 3.63) is 59.2 Å². The fraction of sp³-hybridized carbons (Fsp3) is 0.250. The van der Waals surface area contributed by atoms with Gasteiger partial charge in [-0.25, -0.2) is 0 Å². The summed E-state index contributed by atoms with van der Waals surface area (Å²) in [6.07, 6.45) is -0.642. The molecule has 0 radical (unpaired) electrons. The van der Waals surface area contributed by atoms with E-state index in [4.69, 9.17) is 9.47 Å². The molecule has 0 saturated heterocycles. The summed E-state index contributed by atoms with van der Waals surface area (Å²) in [6, 6.07) is 13.1. The van der Waals surface area contributed by atoms with E-state index in [1.807, 2.05) is 49.4 Å². The van der Waals surface area contributed by atoms with Crippen LogP contribution in [0.25, 0.3) is 0 Å². The first-order chi connectivity index (χ1) is 9.15. The minimum absolute atomic E-state index is 0.642. The van der Waals surface area contributed by atoms with E-state index in [1.54, 1.807) is 14.2 Å². The molecule has 0 aliphatic heterocycles. The van der Waals surface area contributed by atoms with Crippen LogP contribution in [0.1, 0.15) is 22.8 Å². The van der Waals surface area contributed by atoms with Gasteiger partial charge in [0, 0.05) is 0 Å². The van der Waals surface area contributed by atoms with Crippen LogP contribution in [0.4, 0.5) is 0 Å². The minimum atomic E-state index is -0.642. The zero-order chi connectivity index (χ0) is 13.8. The number of methoxy groups -OCH3 is 2. The maximum atomic E-state index is 10.4. The average molecular weight is 258 g/mol. The van der Waals surface area contributed by atoms with Gasteiger partial charge in [0.1, 0.15) is 17.6 Å². The normalized spacial score (nSPS) is 12.0. The molecule has 3 heteroatoms. The van der Waals surface area contributed by atoms with Crippen LogP contribution in [0.3, 0.4) is 0 Å². The Morgan fingerprint density at radius 3 is 2.00 bits per heavy atom. The van der Waals surface area contributed by atoms with Crippen LogP contribution in [0.15, 0.2) is 42.5 Å². The zero-order valence-electron chi connectivity index (χ0n) is 11.4. The van der Waals surface area contributed by atoms with Crippen molar-refractivity contribution in [1.29, 1.82) is 0 Å². The van der Waals surface area contributed by atoms with Crippen LogP contribution >= 0.6 is 0 Å². The van der Waals surface area contributed by atoms with Crippen LogP contribution < -0.4 is 9.47 Å². The van der Waals surface area contributed by atoms with Crippen LogP contribution in [0.5, 0.6) is 11.5 Å². The SMILES string of the molecule is COc1ccc(C(O)c2ccc(OC)cc2C)cc1. The lowest BCUT2D eigenvalue weighted by molar-refractivity contribution is 0.219. The Morgan fingerprint density at radius 1 is 0.895 bits per heavy atom. The summed E-state index contributed by atoms with van der Waals surface area (Å²) < 4.78 is 10.3. The lowest BCUT2D eigenvalue weighted by Gasteiger charge is -2.15. The number of ether oxygens (including phenoxy) is 2. The van der Waals surface area contributed by atoms with Gasteiger partial charge in [-0.2, -0.15) is 0 Å². The lowest BCUT2D eigenvalue weighted by Crippen LogP contribution is -2.02. The molecule has 0 aromatic heterocycles. The predicted molar refractivity (Wildman–Crippen MR) is 74.8 cm³/mol. The third kappa shape index (κ3) is 2.88. The van der Waals surface area contributed by atoms with Crippen molar-refractivity contribution in [3.63, 3.8) is 0 Å². The quantitative estimate of drug-likeness (QED) is 0.915. The molecule has 0 aliphatic rings. The monoisotopic (exact) mass is 258 g/mol. The summed E-state index contributed by atoms with van der Waals surface area (Å²) in [5.41, 5.74) is 2.72. The number of rotatable bonds is 4. The van der Waals surface area contributed by atoms with E-state index in [0.717, 1.165) is 28.2 Å². The summed E-state index contributed by atoms with van der Waals surface area (Å²) in [5.74, 6) is 1.57. The van der Waals surface area contributed by atoms with Gasteiger partial charge in [-0.1, -0.05) is 18.2 Å². The summed E-state index contributed by atoms with van der Waals surface area (Å²) >= 11 is 0. The Labute approximate surface area is 113 Å². The molecular formula is C16H18O3.